The molecule has 3 unspecified atom stereocenters. The van der Waals surface area contributed by atoms with Crippen LogP contribution in [0.2, 0.25) is 0 Å². The van der Waals surface area contributed by atoms with Gasteiger partial charge in [-0.3, -0.25) is 9.69 Å². The van der Waals surface area contributed by atoms with Gasteiger partial charge in [-0.25, -0.2) is 0 Å². The van der Waals surface area contributed by atoms with E-state index in [0.29, 0.717) is 11.8 Å². The Morgan fingerprint density at radius 2 is 2.05 bits per heavy atom. The number of rotatable bonds is 2. The SMILES string of the molecule is COC(=O)C1(N2CCCNCC2)CC(C)CCC1C. The van der Waals surface area contributed by atoms with Crippen LogP contribution in [-0.2, 0) is 9.53 Å². The largest absolute Gasteiger partial charge is 0.468 e. The van der Waals surface area contributed by atoms with Gasteiger partial charge < -0.3 is 10.1 Å². The molecule has 0 radical (unpaired) electrons. The second-order valence-electron chi connectivity index (χ2n) is 6.29. The van der Waals surface area contributed by atoms with Crippen molar-refractivity contribution in [2.45, 2.75) is 45.1 Å². The minimum absolute atomic E-state index is 0.0200. The van der Waals surface area contributed by atoms with Gasteiger partial charge in [-0.2, -0.15) is 0 Å². The van der Waals surface area contributed by atoms with E-state index >= 15 is 0 Å². The van der Waals surface area contributed by atoms with Crippen molar-refractivity contribution in [3.05, 3.63) is 0 Å². The molecule has 2 rings (SSSR count). The highest BCUT2D eigenvalue weighted by Crippen LogP contribution is 2.42. The lowest BCUT2D eigenvalue weighted by atomic mass is 9.68. The first-order chi connectivity index (χ1) is 9.11. The van der Waals surface area contributed by atoms with E-state index in [0.717, 1.165) is 45.4 Å². The smallest absolute Gasteiger partial charge is 0.326 e. The first kappa shape index (κ1) is 14.8. The molecule has 0 amide bonds. The summed E-state index contributed by atoms with van der Waals surface area (Å²) >= 11 is 0. The van der Waals surface area contributed by atoms with Crippen molar-refractivity contribution in [3.8, 4) is 0 Å². The molecule has 2 fully saturated rings. The number of esters is 1. The lowest BCUT2D eigenvalue weighted by Crippen LogP contribution is -2.62. The zero-order chi connectivity index (χ0) is 13.9. The molecule has 2 aliphatic rings. The lowest BCUT2D eigenvalue weighted by molar-refractivity contribution is -0.164. The quantitative estimate of drug-likeness (QED) is 0.773. The normalized spacial score (nSPS) is 37.6. The Morgan fingerprint density at radius 3 is 2.79 bits per heavy atom. The minimum atomic E-state index is -0.390. The molecule has 110 valence electrons. The number of nitrogens with one attached hydrogen (secondary N) is 1. The van der Waals surface area contributed by atoms with Gasteiger partial charge >= 0.3 is 5.97 Å². The van der Waals surface area contributed by atoms with Crippen LogP contribution in [0.3, 0.4) is 0 Å². The summed E-state index contributed by atoms with van der Waals surface area (Å²) in [4.78, 5) is 15.0. The Kier molecular flexibility index (Phi) is 4.85. The van der Waals surface area contributed by atoms with Crippen molar-refractivity contribution < 1.29 is 9.53 Å². The van der Waals surface area contributed by atoms with Gasteiger partial charge in [0.2, 0.25) is 0 Å². The van der Waals surface area contributed by atoms with Crippen molar-refractivity contribution >= 4 is 5.97 Å². The van der Waals surface area contributed by atoms with Crippen LogP contribution >= 0.6 is 0 Å². The summed E-state index contributed by atoms with van der Waals surface area (Å²) in [5, 5.41) is 3.42. The number of carbonyl (C=O) groups excluding carboxylic acids is 1. The topological polar surface area (TPSA) is 41.6 Å². The van der Waals surface area contributed by atoms with Crippen LogP contribution in [0.25, 0.3) is 0 Å². The number of ether oxygens (including phenoxy) is 1. The second-order valence-corrected chi connectivity index (χ2v) is 6.29. The predicted molar refractivity (Wildman–Crippen MR) is 76.0 cm³/mol. The monoisotopic (exact) mass is 268 g/mol. The first-order valence-corrected chi connectivity index (χ1v) is 7.65. The van der Waals surface area contributed by atoms with Gasteiger partial charge in [0.15, 0.2) is 0 Å². The van der Waals surface area contributed by atoms with Crippen LogP contribution in [-0.4, -0.2) is 49.7 Å². The molecule has 0 spiro atoms. The second kappa shape index (κ2) is 6.23. The van der Waals surface area contributed by atoms with Gasteiger partial charge in [-0.15, -0.1) is 0 Å². The van der Waals surface area contributed by atoms with E-state index in [1.54, 1.807) is 0 Å². The van der Waals surface area contributed by atoms with Crippen LogP contribution in [0.1, 0.15) is 39.5 Å². The molecule has 0 aromatic rings. The van der Waals surface area contributed by atoms with Gasteiger partial charge in [0.05, 0.1) is 7.11 Å². The molecule has 1 saturated carbocycles. The third-order valence-corrected chi connectivity index (χ3v) is 5.01. The summed E-state index contributed by atoms with van der Waals surface area (Å²) in [6.45, 7) is 8.46. The Balaban J connectivity index is 2.29. The Morgan fingerprint density at radius 1 is 1.26 bits per heavy atom. The van der Waals surface area contributed by atoms with Gasteiger partial charge in [-0.05, 0) is 37.6 Å². The van der Waals surface area contributed by atoms with Gasteiger partial charge in [0.1, 0.15) is 5.54 Å². The van der Waals surface area contributed by atoms with Crippen molar-refractivity contribution in [1.29, 1.82) is 0 Å². The van der Waals surface area contributed by atoms with E-state index in [9.17, 15) is 4.79 Å². The number of carbonyl (C=O) groups is 1. The van der Waals surface area contributed by atoms with Crippen LogP contribution in [0.4, 0.5) is 0 Å². The van der Waals surface area contributed by atoms with Gasteiger partial charge in [0, 0.05) is 19.6 Å². The predicted octanol–water partition coefficient (Wildman–Crippen LogP) is 1.65. The molecule has 1 aliphatic carbocycles. The van der Waals surface area contributed by atoms with E-state index in [4.69, 9.17) is 4.74 Å². The number of hydrogen-bond acceptors (Lipinski definition) is 4. The number of hydrogen-bond donors (Lipinski definition) is 1. The molecule has 0 aromatic carbocycles. The highest BCUT2D eigenvalue weighted by molar-refractivity contribution is 5.81. The van der Waals surface area contributed by atoms with Crippen LogP contribution in [0, 0.1) is 11.8 Å². The lowest BCUT2D eigenvalue weighted by Gasteiger charge is -2.49. The zero-order valence-electron chi connectivity index (χ0n) is 12.6. The summed E-state index contributed by atoms with van der Waals surface area (Å²) in [5.74, 6) is 0.967. The first-order valence-electron chi connectivity index (χ1n) is 7.65. The Hall–Kier alpha value is -0.610. The summed E-state index contributed by atoms with van der Waals surface area (Å²) in [6, 6.07) is 0. The maximum Gasteiger partial charge on any atom is 0.326 e. The third kappa shape index (κ3) is 2.79. The zero-order valence-corrected chi connectivity index (χ0v) is 12.6. The molecule has 4 nitrogen and oxygen atoms in total. The summed E-state index contributed by atoms with van der Waals surface area (Å²) < 4.78 is 5.20. The molecule has 1 saturated heterocycles. The highest BCUT2D eigenvalue weighted by Gasteiger charge is 2.51. The molecular weight excluding hydrogens is 240 g/mol. The highest BCUT2D eigenvalue weighted by atomic mass is 16.5. The van der Waals surface area contributed by atoms with Gasteiger partial charge in [-0.1, -0.05) is 20.3 Å². The van der Waals surface area contributed by atoms with E-state index < -0.39 is 5.54 Å². The standard InChI is InChI=1S/C15H28N2O2/c1-12-5-6-13(2)15(11-12,14(18)19-3)17-9-4-7-16-8-10-17/h12-13,16H,4-11H2,1-3H3. The number of nitrogens with zero attached hydrogens (tertiary/aromatic N) is 1. The summed E-state index contributed by atoms with van der Waals surface area (Å²) in [7, 11) is 1.53. The van der Waals surface area contributed by atoms with Crippen molar-refractivity contribution in [2.75, 3.05) is 33.3 Å². The van der Waals surface area contributed by atoms with E-state index in [1.807, 2.05) is 0 Å². The number of methoxy groups -OCH3 is 1. The molecule has 1 N–H and O–H groups in total. The molecule has 19 heavy (non-hydrogen) atoms. The molecule has 4 heteroatoms. The maximum atomic E-state index is 12.6. The van der Waals surface area contributed by atoms with Crippen LogP contribution in [0.15, 0.2) is 0 Å². The maximum absolute atomic E-state index is 12.6. The van der Waals surface area contributed by atoms with Crippen molar-refractivity contribution in [3.63, 3.8) is 0 Å². The Bertz CT molecular complexity index is 313. The fourth-order valence-electron chi connectivity index (χ4n) is 3.88. The Labute approximate surface area is 116 Å². The van der Waals surface area contributed by atoms with E-state index in [2.05, 4.69) is 24.1 Å². The van der Waals surface area contributed by atoms with Crippen molar-refractivity contribution in [2.24, 2.45) is 11.8 Å². The fourth-order valence-corrected chi connectivity index (χ4v) is 3.88. The minimum Gasteiger partial charge on any atom is -0.468 e. The molecule has 1 aliphatic heterocycles. The van der Waals surface area contributed by atoms with E-state index in [-0.39, 0.29) is 5.97 Å². The fraction of sp³-hybridized carbons (Fsp3) is 0.933. The summed E-state index contributed by atoms with van der Waals surface area (Å²) in [6.07, 6.45) is 4.41. The molecular formula is C15H28N2O2. The van der Waals surface area contributed by atoms with Crippen LogP contribution < -0.4 is 5.32 Å². The average Bonchev–Trinajstić information content (AvgIpc) is 2.70. The summed E-state index contributed by atoms with van der Waals surface area (Å²) in [5.41, 5.74) is -0.390. The average molecular weight is 268 g/mol. The molecule has 3 atom stereocenters. The van der Waals surface area contributed by atoms with Crippen LogP contribution in [0.5, 0.6) is 0 Å². The molecule has 0 bridgehead atoms. The molecule has 1 heterocycles. The van der Waals surface area contributed by atoms with Crippen molar-refractivity contribution in [1.82, 2.24) is 10.2 Å². The third-order valence-electron chi connectivity index (χ3n) is 5.01. The van der Waals surface area contributed by atoms with Gasteiger partial charge in [0.25, 0.3) is 0 Å². The van der Waals surface area contributed by atoms with E-state index in [1.165, 1.54) is 13.5 Å². The molecule has 0 aromatic heterocycles.